The van der Waals surface area contributed by atoms with Crippen LogP contribution >= 0.6 is 15.9 Å². The van der Waals surface area contributed by atoms with Gasteiger partial charge in [-0.05, 0) is 29.3 Å². The Morgan fingerprint density at radius 2 is 1.95 bits per heavy atom. The lowest BCUT2D eigenvalue weighted by Crippen LogP contribution is -2.35. The summed E-state index contributed by atoms with van der Waals surface area (Å²) in [6, 6.07) is 10.1. The molecule has 0 radical (unpaired) electrons. The zero-order valence-electron chi connectivity index (χ0n) is 11.8. The maximum atomic E-state index is 9.99. The SMILES string of the molecule is COC(O)C(C)(C)c1cncc(-c2cccc(Br)c2)c1. The van der Waals surface area contributed by atoms with Crippen molar-refractivity contribution < 1.29 is 9.84 Å². The van der Waals surface area contributed by atoms with Crippen LogP contribution in [0.4, 0.5) is 0 Å². The van der Waals surface area contributed by atoms with Gasteiger partial charge in [0.1, 0.15) is 0 Å². The van der Waals surface area contributed by atoms with Gasteiger partial charge in [0.25, 0.3) is 0 Å². The van der Waals surface area contributed by atoms with Crippen LogP contribution in [0.15, 0.2) is 47.2 Å². The van der Waals surface area contributed by atoms with Crippen LogP contribution in [-0.2, 0) is 10.2 Å². The van der Waals surface area contributed by atoms with Crippen LogP contribution in [0.2, 0.25) is 0 Å². The van der Waals surface area contributed by atoms with Gasteiger partial charge < -0.3 is 9.84 Å². The molecule has 3 nitrogen and oxygen atoms in total. The quantitative estimate of drug-likeness (QED) is 0.865. The van der Waals surface area contributed by atoms with Crippen LogP contribution in [0.5, 0.6) is 0 Å². The number of aliphatic hydroxyl groups is 1. The fourth-order valence-electron chi connectivity index (χ4n) is 2.06. The van der Waals surface area contributed by atoms with Crippen molar-refractivity contribution in [2.45, 2.75) is 25.6 Å². The molecule has 0 saturated carbocycles. The molecular weight excluding hydrogens is 318 g/mol. The maximum Gasteiger partial charge on any atom is 0.163 e. The first-order valence-corrected chi connectivity index (χ1v) is 7.17. The topological polar surface area (TPSA) is 42.4 Å². The number of rotatable bonds is 4. The van der Waals surface area contributed by atoms with E-state index in [-0.39, 0.29) is 0 Å². The van der Waals surface area contributed by atoms with Crippen molar-refractivity contribution in [3.8, 4) is 11.1 Å². The predicted molar refractivity (Wildman–Crippen MR) is 83.4 cm³/mol. The molecule has 0 fully saturated rings. The summed E-state index contributed by atoms with van der Waals surface area (Å²) in [5.74, 6) is 0. The molecule has 1 unspecified atom stereocenters. The summed E-state index contributed by atoms with van der Waals surface area (Å²) in [4.78, 5) is 4.29. The average molecular weight is 336 g/mol. The number of ether oxygens (including phenoxy) is 1. The first-order valence-electron chi connectivity index (χ1n) is 6.37. The van der Waals surface area contributed by atoms with Crippen molar-refractivity contribution in [1.82, 2.24) is 4.98 Å². The summed E-state index contributed by atoms with van der Waals surface area (Å²) in [6.07, 6.45) is 2.71. The molecule has 0 aliphatic rings. The van der Waals surface area contributed by atoms with Crippen molar-refractivity contribution in [3.05, 3.63) is 52.8 Å². The van der Waals surface area contributed by atoms with E-state index in [1.807, 2.05) is 50.4 Å². The highest BCUT2D eigenvalue weighted by atomic mass is 79.9. The standard InChI is InChI=1S/C16H18BrNO2/c1-16(2,15(19)20-3)13-7-12(9-18-10-13)11-5-4-6-14(17)8-11/h4-10,15,19H,1-3H3. The summed E-state index contributed by atoms with van der Waals surface area (Å²) >= 11 is 3.47. The first kappa shape index (κ1) is 15.2. The Morgan fingerprint density at radius 3 is 2.60 bits per heavy atom. The van der Waals surface area contributed by atoms with Gasteiger partial charge in [0.2, 0.25) is 0 Å². The number of aliphatic hydroxyl groups excluding tert-OH is 1. The van der Waals surface area contributed by atoms with E-state index in [0.29, 0.717) is 0 Å². The zero-order chi connectivity index (χ0) is 14.8. The Kier molecular flexibility index (Phi) is 4.58. The van der Waals surface area contributed by atoms with Crippen molar-refractivity contribution in [1.29, 1.82) is 0 Å². The minimum atomic E-state index is -0.873. The van der Waals surface area contributed by atoms with Crippen molar-refractivity contribution in [3.63, 3.8) is 0 Å². The second kappa shape index (κ2) is 6.04. The highest BCUT2D eigenvalue weighted by molar-refractivity contribution is 9.10. The normalized spacial score (nSPS) is 13.2. The van der Waals surface area contributed by atoms with Gasteiger partial charge in [-0.2, -0.15) is 0 Å². The smallest absolute Gasteiger partial charge is 0.163 e. The molecule has 20 heavy (non-hydrogen) atoms. The molecule has 1 aromatic heterocycles. The lowest BCUT2D eigenvalue weighted by molar-refractivity contribution is -0.117. The van der Waals surface area contributed by atoms with E-state index < -0.39 is 11.7 Å². The summed E-state index contributed by atoms with van der Waals surface area (Å²) in [6.45, 7) is 3.87. The van der Waals surface area contributed by atoms with Crippen LogP contribution in [0.25, 0.3) is 11.1 Å². The molecule has 0 spiro atoms. The van der Waals surface area contributed by atoms with Gasteiger partial charge in [-0.25, -0.2) is 0 Å². The number of aromatic nitrogens is 1. The van der Waals surface area contributed by atoms with Gasteiger partial charge >= 0.3 is 0 Å². The number of benzene rings is 1. The number of pyridine rings is 1. The number of methoxy groups -OCH3 is 1. The summed E-state index contributed by atoms with van der Waals surface area (Å²) in [5.41, 5.74) is 2.50. The molecule has 0 aliphatic heterocycles. The molecule has 0 saturated heterocycles. The minimum absolute atomic E-state index is 0.524. The van der Waals surface area contributed by atoms with Crippen LogP contribution in [0.1, 0.15) is 19.4 Å². The Morgan fingerprint density at radius 1 is 1.20 bits per heavy atom. The monoisotopic (exact) mass is 335 g/mol. The van der Waals surface area contributed by atoms with Crippen LogP contribution < -0.4 is 0 Å². The van der Waals surface area contributed by atoms with Crippen LogP contribution in [0, 0.1) is 0 Å². The lowest BCUT2D eigenvalue weighted by atomic mass is 9.84. The van der Waals surface area contributed by atoms with Gasteiger partial charge in [0.15, 0.2) is 6.29 Å². The van der Waals surface area contributed by atoms with Crippen LogP contribution in [-0.4, -0.2) is 23.5 Å². The summed E-state index contributed by atoms with van der Waals surface area (Å²) < 4.78 is 6.08. The van der Waals surface area contributed by atoms with Crippen molar-refractivity contribution >= 4 is 15.9 Å². The molecular formula is C16H18BrNO2. The molecule has 0 amide bonds. The van der Waals surface area contributed by atoms with Crippen molar-refractivity contribution in [2.75, 3.05) is 7.11 Å². The van der Waals surface area contributed by atoms with Gasteiger partial charge in [-0.15, -0.1) is 0 Å². The average Bonchev–Trinajstić information content (AvgIpc) is 2.46. The number of hydrogen-bond donors (Lipinski definition) is 1. The zero-order valence-corrected chi connectivity index (χ0v) is 13.4. The van der Waals surface area contributed by atoms with Gasteiger partial charge in [-0.3, -0.25) is 4.98 Å². The van der Waals surface area contributed by atoms with E-state index in [9.17, 15) is 5.11 Å². The fraction of sp³-hybridized carbons (Fsp3) is 0.312. The van der Waals surface area contributed by atoms with Crippen molar-refractivity contribution in [2.24, 2.45) is 0 Å². The Bertz CT molecular complexity index is 599. The molecule has 2 rings (SSSR count). The Hall–Kier alpha value is -1.23. The molecule has 1 aromatic carbocycles. The summed E-state index contributed by atoms with van der Waals surface area (Å²) in [7, 11) is 1.50. The Balaban J connectivity index is 2.43. The molecule has 2 aromatic rings. The number of nitrogens with zero attached hydrogens (tertiary/aromatic N) is 1. The van der Waals surface area contributed by atoms with Gasteiger partial charge in [0, 0.05) is 35.0 Å². The molecule has 1 heterocycles. The third kappa shape index (κ3) is 3.08. The second-order valence-electron chi connectivity index (χ2n) is 5.28. The minimum Gasteiger partial charge on any atom is -0.367 e. The molecule has 1 atom stereocenters. The van der Waals surface area contributed by atoms with E-state index in [0.717, 1.165) is 21.2 Å². The van der Waals surface area contributed by atoms with E-state index in [2.05, 4.69) is 20.9 Å². The molecule has 106 valence electrons. The highest BCUT2D eigenvalue weighted by Gasteiger charge is 2.30. The third-order valence-corrected chi connectivity index (χ3v) is 3.97. The van der Waals surface area contributed by atoms with E-state index in [1.54, 1.807) is 6.20 Å². The predicted octanol–water partition coefficient (Wildman–Crippen LogP) is 3.75. The van der Waals surface area contributed by atoms with E-state index in [1.165, 1.54) is 7.11 Å². The largest absolute Gasteiger partial charge is 0.367 e. The number of hydrogen-bond acceptors (Lipinski definition) is 3. The lowest BCUT2D eigenvalue weighted by Gasteiger charge is -2.29. The maximum absolute atomic E-state index is 9.99. The molecule has 4 heteroatoms. The number of halogens is 1. The molecule has 1 N–H and O–H groups in total. The van der Waals surface area contributed by atoms with Gasteiger partial charge in [0.05, 0.1) is 0 Å². The fourth-order valence-corrected chi connectivity index (χ4v) is 2.45. The van der Waals surface area contributed by atoms with E-state index >= 15 is 0 Å². The van der Waals surface area contributed by atoms with Crippen LogP contribution in [0.3, 0.4) is 0 Å². The summed E-state index contributed by atoms with van der Waals surface area (Å²) in [5, 5.41) is 9.99. The molecule has 0 bridgehead atoms. The molecule has 0 aliphatic carbocycles. The Labute approximate surface area is 127 Å². The second-order valence-corrected chi connectivity index (χ2v) is 6.20. The highest BCUT2D eigenvalue weighted by Crippen LogP contribution is 2.30. The van der Waals surface area contributed by atoms with Gasteiger partial charge in [-0.1, -0.05) is 41.9 Å². The van der Waals surface area contributed by atoms with E-state index in [4.69, 9.17) is 4.74 Å². The first-order chi connectivity index (χ1) is 9.45. The third-order valence-electron chi connectivity index (χ3n) is 3.48.